The molecule has 0 saturated carbocycles. The molecule has 6 nitrogen and oxygen atoms in total. The summed E-state index contributed by atoms with van der Waals surface area (Å²) in [5.74, 6) is 0.311. The summed E-state index contributed by atoms with van der Waals surface area (Å²) >= 11 is 3.31. The predicted molar refractivity (Wildman–Crippen MR) is 92.4 cm³/mol. The van der Waals surface area contributed by atoms with E-state index in [0.717, 1.165) is 0 Å². The zero-order valence-corrected chi connectivity index (χ0v) is 16.2. The molecule has 1 rings (SSSR count). The number of benzene rings is 1. The second-order valence-corrected chi connectivity index (χ2v) is 7.42. The first-order valence-electron chi connectivity index (χ1n) is 7.46. The molecule has 0 spiro atoms. The van der Waals surface area contributed by atoms with Gasteiger partial charge in [0.05, 0.1) is 20.3 Å². The Hall–Kier alpha value is -0.670. The monoisotopic (exact) mass is 409 g/mol. The number of nitrogens with zero attached hydrogens (tertiary/aromatic N) is 1. The standard InChI is InChI=1S/C15H24BrNO5S/c1-4-21-10-8-17(9-11-22-5-2)23(18,19)15-12-13(16)6-7-14(15)20-3/h6-7,12H,4-5,8-11H2,1-3H3. The van der Waals surface area contributed by atoms with E-state index in [1.807, 2.05) is 13.8 Å². The van der Waals surface area contributed by atoms with Crippen molar-refractivity contribution in [3.8, 4) is 5.75 Å². The summed E-state index contributed by atoms with van der Waals surface area (Å²) in [6.07, 6.45) is 0. The van der Waals surface area contributed by atoms with E-state index < -0.39 is 10.0 Å². The molecule has 0 aromatic heterocycles. The smallest absolute Gasteiger partial charge is 0.246 e. The maximum Gasteiger partial charge on any atom is 0.246 e. The van der Waals surface area contributed by atoms with E-state index in [1.54, 1.807) is 18.2 Å². The Morgan fingerprint density at radius 2 is 1.65 bits per heavy atom. The Morgan fingerprint density at radius 1 is 1.09 bits per heavy atom. The maximum atomic E-state index is 13.0. The lowest BCUT2D eigenvalue weighted by Gasteiger charge is -2.23. The molecule has 0 saturated heterocycles. The highest BCUT2D eigenvalue weighted by atomic mass is 79.9. The molecule has 0 aliphatic rings. The van der Waals surface area contributed by atoms with E-state index >= 15 is 0 Å². The van der Waals surface area contributed by atoms with Crippen LogP contribution in [0.1, 0.15) is 13.8 Å². The van der Waals surface area contributed by atoms with Crippen molar-refractivity contribution in [2.24, 2.45) is 0 Å². The summed E-state index contributed by atoms with van der Waals surface area (Å²) in [4.78, 5) is 0.127. The SMILES string of the molecule is CCOCCN(CCOCC)S(=O)(=O)c1cc(Br)ccc1OC. The van der Waals surface area contributed by atoms with Gasteiger partial charge in [-0.3, -0.25) is 0 Å². The van der Waals surface area contributed by atoms with Gasteiger partial charge in [0.15, 0.2) is 0 Å². The fourth-order valence-electron chi connectivity index (χ4n) is 1.96. The van der Waals surface area contributed by atoms with Gasteiger partial charge < -0.3 is 14.2 Å². The maximum absolute atomic E-state index is 13.0. The first-order valence-corrected chi connectivity index (χ1v) is 9.69. The topological polar surface area (TPSA) is 65.1 Å². The number of hydrogen-bond acceptors (Lipinski definition) is 5. The van der Waals surface area contributed by atoms with Crippen molar-refractivity contribution in [3.63, 3.8) is 0 Å². The highest BCUT2D eigenvalue weighted by Crippen LogP contribution is 2.29. The third-order valence-corrected chi connectivity index (χ3v) is 5.53. The van der Waals surface area contributed by atoms with Crippen molar-refractivity contribution in [2.45, 2.75) is 18.7 Å². The molecule has 132 valence electrons. The van der Waals surface area contributed by atoms with Gasteiger partial charge in [0, 0.05) is 30.8 Å². The first kappa shape index (κ1) is 20.4. The van der Waals surface area contributed by atoms with Gasteiger partial charge in [-0.15, -0.1) is 0 Å². The molecular weight excluding hydrogens is 386 g/mol. The van der Waals surface area contributed by atoms with E-state index in [9.17, 15) is 8.42 Å². The minimum Gasteiger partial charge on any atom is -0.495 e. The van der Waals surface area contributed by atoms with Crippen LogP contribution in [0, 0.1) is 0 Å². The summed E-state index contributed by atoms with van der Waals surface area (Å²) < 4.78 is 43.8. The van der Waals surface area contributed by atoms with Crippen molar-refractivity contribution >= 4 is 26.0 Å². The molecule has 0 bridgehead atoms. The number of methoxy groups -OCH3 is 1. The van der Waals surface area contributed by atoms with Crippen LogP contribution in [0.15, 0.2) is 27.6 Å². The number of sulfonamides is 1. The second-order valence-electron chi connectivity index (χ2n) is 4.59. The third kappa shape index (κ3) is 6.04. The van der Waals surface area contributed by atoms with Crippen molar-refractivity contribution in [2.75, 3.05) is 46.6 Å². The number of hydrogen-bond donors (Lipinski definition) is 0. The third-order valence-electron chi connectivity index (χ3n) is 3.12. The average molecular weight is 410 g/mol. The molecule has 0 unspecified atom stereocenters. The molecule has 23 heavy (non-hydrogen) atoms. The predicted octanol–water partition coefficient (Wildman–Crippen LogP) is 2.52. The summed E-state index contributed by atoms with van der Waals surface area (Å²) in [7, 11) is -2.26. The summed E-state index contributed by atoms with van der Waals surface area (Å²) in [6.45, 7) is 6.01. The molecular formula is C15H24BrNO5S. The van der Waals surface area contributed by atoms with Crippen LogP contribution in [0.4, 0.5) is 0 Å². The fraction of sp³-hybridized carbons (Fsp3) is 0.600. The van der Waals surface area contributed by atoms with E-state index in [2.05, 4.69) is 15.9 Å². The fourth-order valence-corrected chi connectivity index (χ4v) is 4.07. The number of ether oxygens (including phenoxy) is 3. The van der Waals surface area contributed by atoms with Gasteiger partial charge in [0.25, 0.3) is 0 Å². The minimum absolute atomic E-state index is 0.127. The summed E-state index contributed by atoms with van der Waals surface area (Å²) in [6, 6.07) is 4.91. The highest BCUT2D eigenvalue weighted by Gasteiger charge is 2.27. The van der Waals surface area contributed by atoms with Crippen molar-refractivity contribution in [1.82, 2.24) is 4.31 Å². The van der Waals surface area contributed by atoms with E-state index in [1.165, 1.54) is 11.4 Å². The molecule has 8 heteroatoms. The van der Waals surface area contributed by atoms with Crippen molar-refractivity contribution in [1.29, 1.82) is 0 Å². The van der Waals surface area contributed by atoms with Crippen LogP contribution in [-0.2, 0) is 19.5 Å². The van der Waals surface area contributed by atoms with Crippen molar-refractivity contribution < 1.29 is 22.6 Å². The quantitative estimate of drug-likeness (QED) is 0.525. The highest BCUT2D eigenvalue weighted by molar-refractivity contribution is 9.10. The summed E-state index contributed by atoms with van der Waals surface area (Å²) in [5.41, 5.74) is 0. The molecule has 1 aromatic carbocycles. The van der Waals surface area contributed by atoms with Crippen LogP contribution >= 0.6 is 15.9 Å². The minimum atomic E-state index is -3.71. The molecule has 0 aliphatic carbocycles. The Labute approximate surface area is 146 Å². The average Bonchev–Trinajstić information content (AvgIpc) is 2.53. The van der Waals surface area contributed by atoms with Gasteiger partial charge in [-0.25, -0.2) is 8.42 Å². The lowest BCUT2D eigenvalue weighted by molar-refractivity contribution is 0.110. The number of halogens is 1. The van der Waals surface area contributed by atoms with Crippen LogP contribution in [0.2, 0.25) is 0 Å². The Bertz CT molecular complexity index is 569. The molecule has 0 radical (unpaired) electrons. The van der Waals surface area contributed by atoms with Crippen LogP contribution in [-0.4, -0.2) is 59.3 Å². The zero-order chi connectivity index (χ0) is 17.3. The van der Waals surface area contributed by atoms with Crippen LogP contribution < -0.4 is 4.74 Å². The van der Waals surface area contributed by atoms with Gasteiger partial charge in [-0.05, 0) is 32.0 Å². The van der Waals surface area contributed by atoms with Crippen molar-refractivity contribution in [3.05, 3.63) is 22.7 Å². The Balaban J connectivity index is 3.07. The second kappa shape index (κ2) is 10.2. The Kier molecular flexibility index (Phi) is 9.08. The van der Waals surface area contributed by atoms with E-state index in [0.29, 0.717) is 36.6 Å². The molecule has 1 aromatic rings. The molecule has 0 amide bonds. The molecule has 0 N–H and O–H groups in total. The lowest BCUT2D eigenvalue weighted by Crippen LogP contribution is -2.37. The summed E-state index contributed by atoms with van der Waals surface area (Å²) in [5, 5.41) is 0. The number of rotatable bonds is 11. The lowest BCUT2D eigenvalue weighted by atomic mass is 10.3. The van der Waals surface area contributed by atoms with Gasteiger partial charge >= 0.3 is 0 Å². The van der Waals surface area contributed by atoms with Gasteiger partial charge in [0.2, 0.25) is 10.0 Å². The largest absolute Gasteiger partial charge is 0.495 e. The molecule has 0 heterocycles. The van der Waals surface area contributed by atoms with E-state index in [-0.39, 0.29) is 18.0 Å². The normalized spacial score (nSPS) is 11.9. The van der Waals surface area contributed by atoms with Crippen LogP contribution in [0.3, 0.4) is 0 Å². The van der Waals surface area contributed by atoms with Gasteiger partial charge in [-0.1, -0.05) is 15.9 Å². The van der Waals surface area contributed by atoms with Crippen LogP contribution in [0.5, 0.6) is 5.75 Å². The van der Waals surface area contributed by atoms with E-state index in [4.69, 9.17) is 14.2 Å². The Morgan fingerprint density at radius 3 is 2.13 bits per heavy atom. The molecule has 0 fully saturated rings. The first-order chi connectivity index (χ1) is 11.0. The van der Waals surface area contributed by atoms with Gasteiger partial charge in [-0.2, -0.15) is 4.31 Å². The van der Waals surface area contributed by atoms with Gasteiger partial charge in [0.1, 0.15) is 10.6 Å². The zero-order valence-electron chi connectivity index (χ0n) is 13.7. The van der Waals surface area contributed by atoms with Crippen LogP contribution in [0.25, 0.3) is 0 Å². The molecule has 0 atom stereocenters. The molecule has 0 aliphatic heterocycles.